The van der Waals surface area contributed by atoms with E-state index in [9.17, 15) is 10.1 Å². The van der Waals surface area contributed by atoms with Crippen LogP contribution in [0.3, 0.4) is 0 Å². The molecule has 3 rings (SSSR count). The Morgan fingerprint density at radius 2 is 1.88 bits per heavy atom. The van der Waals surface area contributed by atoms with Crippen molar-refractivity contribution in [1.82, 2.24) is 0 Å². The van der Waals surface area contributed by atoms with Gasteiger partial charge in [0.2, 0.25) is 0 Å². The molecule has 0 aromatic heterocycles. The smallest absolute Gasteiger partial charge is 0.266 e. The van der Waals surface area contributed by atoms with Crippen molar-refractivity contribution in [2.45, 2.75) is 6.61 Å². The van der Waals surface area contributed by atoms with E-state index in [4.69, 9.17) is 32.7 Å². The number of para-hydroxylation sites is 1. The first-order valence-corrected chi connectivity index (χ1v) is 11.2. The third-order valence-electron chi connectivity index (χ3n) is 4.36. The molecule has 0 atom stereocenters. The van der Waals surface area contributed by atoms with Gasteiger partial charge in [-0.15, -0.1) is 0 Å². The summed E-state index contributed by atoms with van der Waals surface area (Å²) in [4.78, 5) is 12.6. The van der Waals surface area contributed by atoms with Gasteiger partial charge in [-0.3, -0.25) is 4.79 Å². The second-order valence-electron chi connectivity index (χ2n) is 6.55. The lowest BCUT2D eigenvalue weighted by molar-refractivity contribution is -0.112. The molecule has 0 fully saturated rings. The normalized spacial score (nSPS) is 10.9. The van der Waals surface area contributed by atoms with Crippen LogP contribution in [0.1, 0.15) is 11.1 Å². The van der Waals surface area contributed by atoms with E-state index in [1.165, 1.54) is 13.2 Å². The molecule has 3 aromatic carbocycles. The number of methoxy groups -OCH3 is 1. The Morgan fingerprint density at radius 1 is 1.12 bits per heavy atom. The summed E-state index contributed by atoms with van der Waals surface area (Å²) < 4.78 is 12.4. The van der Waals surface area contributed by atoms with E-state index in [1.807, 2.05) is 18.2 Å². The van der Waals surface area contributed by atoms with Crippen molar-refractivity contribution < 1.29 is 14.3 Å². The number of nitrogens with one attached hydrogen (secondary N) is 1. The van der Waals surface area contributed by atoms with Crippen molar-refractivity contribution in [3.05, 3.63) is 91.0 Å². The highest BCUT2D eigenvalue weighted by Crippen LogP contribution is 2.34. The van der Waals surface area contributed by atoms with Gasteiger partial charge in [0.15, 0.2) is 11.5 Å². The van der Waals surface area contributed by atoms with Crippen LogP contribution in [0, 0.1) is 14.9 Å². The molecule has 0 aliphatic carbocycles. The zero-order valence-electron chi connectivity index (χ0n) is 16.9. The lowest BCUT2D eigenvalue weighted by Gasteiger charge is -2.14. The Bertz CT molecular complexity index is 1200. The fraction of sp³-hybridized carbons (Fsp3) is 0.0833. The molecule has 0 aliphatic heterocycles. The highest BCUT2D eigenvalue weighted by molar-refractivity contribution is 14.1. The molecule has 1 amide bonds. The minimum absolute atomic E-state index is 0.0730. The number of amides is 1. The maximum absolute atomic E-state index is 12.6. The number of halogens is 3. The van der Waals surface area contributed by atoms with Gasteiger partial charge in [-0.2, -0.15) is 5.26 Å². The van der Waals surface area contributed by atoms with Crippen molar-refractivity contribution in [3.8, 4) is 17.6 Å². The van der Waals surface area contributed by atoms with E-state index < -0.39 is 5.91 Å². The largest absolute Gasteiger partial charge is 0.493 e. The van der Waals surface area contributed by atoms with Crippen molar-refractivity contribution in [2.75, 3.05) is 12.4 Å². The monoisotopic (exact) mass is 578 g/mol. The summed E-state index contributed by atoms with van der Waals surface area (Å²) in [5.41, 5.74) is 1.85. The van der Waals surface area contributed by atoms with Gasteiger partial charge in [0, 0.05) is 14.8 Å². The minimum atomic E-state index is -0.521. The number of nitrogens with zero attached hydrogens (tertiary/aromatic N) is 1. The fourth-order valence-electron chi connectivity index (χ4n) is 2.78. The van der Waals surface area contributed by atoms with Crippen molar-refractivity contribution in [1.29, 1.82) is 5.26 Å². The molecule has 3 aromatic rings. The van der Waals surface area contributed by atoms with Crippen LogP contribution >= 0.6 is 45.8 Å². The number of rotatable bonds is 7. The summed E-state index contributed by atoms with van der Waals surface area (Å²) in [6, 6.07) is 19.6. The van der Waals surface area contributed by atoms with Crippen LogP contribution in [0.2, 0.25) is 10.0 Å². The van der Waals surface area contributed by atoms with E-state index in [-0.39, 0.29) is 12.2 Å². The quantitative estimate of drug-likeness (QED) is 0.192. The van der Waals surface area contributed by atoms with Gasteiger partial charge in [0.05, 0.1) is 17.2 Å². The number of carbonyl (C=O) groups excluding carboxylic acids is 1. The third-order valence-corrected chi connectivity index (χ3v) is 5.82. The maximum Gasteiger partial charge on any atom is 0.266 e. The zero-order chi connectivity index (χ0) is 23.1. The Labute approximate surface area is 209 Å². The van der Waals surface area contributed by atoms with Crippen LogP contribution in [0.15, 0.2) is 66.2 Å². The number of carbonyl (C=O) groups is 1. The second-order valence-corrected chi connectivity index (χ2v) is 8.61. The van der Waals surface area contributed by atoms with Gasteiger partial charge in [-0.05, 0) is 76.7 Å². The average molecular weight is 579 g/mol. The molecule has 0 radical (unpaired) electrons. The molecular formula is C24H17Cl2IN2O3. The van der Waals surface area contributed by atoms with Crippen LogP contribution in [0.5, 0.6) is 11.5 Å². The van der Waals surface area contributed by atoms with Gasteiger partial charge in [-0.25, -0.2) is 0 Å². The summed E-state index contributed by atoms with van der Waals surface area (Å²) in [5, 5.41) is 13.2. The molecule has 0 spiro atoms. The Morgan fingerprint density at radius 3 is 2.53 bits per heavy atom. The van der Waals surface area contributed by atoms with Crippen molar-refractivity contribution >= 4 is 63.5 Å². The predicted molar refractivity (Wildman–Crippen MR) is 135 cm³/mol. The standard InChI is InChI=1S/C24H17Cl2IN2O3/c1-31-22-4-2-3-16(23(22)32-14-15-5-10-20(25)21(26)11-15)12-17(13-28)24(30)29-19-8-6-18(27)7-9-19/h2-12H,14H2,1H3,(H,29,30)/b17-12+. The first-order valence-electron chi connectivity index (χ1n) is 9.33. The fourth-order valence-corrected chi connectivity index (χ4v) is 3.46. The van der Waals surface area contributed by atoms with E-state index in [0.29, 0.717) is 32.8 Å². The average Bonchev–Trinajstić information content (AvgIpc) is 2.79. The topological polar surface area (TPSA) is 71.3 Å². The summed E-state index contributed by atoms with van der Waals surface area (Å²) in [6.07, 6.45) is 1.47. The summed E-state index contributed by atoms with van der Waals surface area (Å²) in [7, 11) is 1.52. The van der Waals surface area contributed by atoms with E-state index >= 15 is 0 Å². The predicted octanol–water partition coefficient (Wildman–Crippen LogP) is 6.73. The first-order chi connectivity index (χ1) is 15.4. The Balaban J connectivity index is 1.87. The number of anilines is 1. The minimum Gasteiger partial charge on any atom is -0.493 e. The summed E-state index contributed by atoms with van der Waals surface area (Å²) in [5.74, 6) is 0.344. The highest BCUT2D eigenvalue weighted by Gasteiger charge is 2.15. The first kappa shape index (κ1) is 23.9. The van der Waals surface area contributed by atoms with Gasteiger partial charge in [0.25, 0.3) is 5.91 Å². The van der Waals surface area contributed by atoms with Crippen LogP contribution in [-0.4, -0.2) is 13.0 Å². The van der Waals surface area contributed by atoms with Gasteiger partial charge in [0.1, 0.15) is 18.2 Å². The van der Waals surface area contributed by atoms with Crippen molar-refractivity contribution in [2.24, 2.45) is 0 Å². The Hall–Kier alpha value is -2.73. The van der Waals surface area contributed by atoms with Crippen LogP contribution in [-0.2, 0) is 11.4 Å². The third kappa shape index (κ3) is 6.16. The Kier molecular flexibility index (Phi) is 8.39. The molecule has 0 unspecified atom stereocenters. The molecule has 0 bridgehead atoms. The molecule has 0 heterocycles. The highest BCUT2D eigenvalue weighted by atomic mass is 127. The molecule has 1 N–H and O–H groups in total. The van der Waals surface area contributed by atoms with E-state index in [0.717, 1.165) is 9.13 Å². The molecular weight excluding hydrogens is 562 g/mol. The van der Waals surface area contributed by atoms with Crippen LogP contribution in [0.25, 0.3) is 6.08 Å². The van der Waals surface area contributed by atoms with Gasteiger partial charge < -0.3 is 14.8 Å². The summed E-state index contributed by atoms with van der Waals surface area (Å²) >= 11 is 14.2. The van der Waals surface area contributed by atoms with Crippen LogP contribution in [0.4, 0.5) is 5.69 Å². The number of ether oxygens (including phenoxy) is 2. The summed E-state index contributed by atoms with van der Waals surface area (Å²) in [6.45, 7) is 0.189. The lowest BCUT2D eigenvalue weighted by Crippen LogP contribution is -2.13. The molecule has 32 heavy (non-hydrogen) atoms. The number of hydrogen-bond acceptors (Lipinski definition) is 4. The number of benzene rings is 3. The van der Waals surface area contributed by atoms with Crippen molar-refractivity contribution in [3.63, 3.8) is 0 Å². The second kappa shape index (κ2) is 11.2. The SMILES string of the molecule is COc1cccc(/C=C(\C#N)C(=O)Nc2ccc(I)cc2)c1OCc1ccc(Cl)c(Cl)c1. The number of nitriles is 1. The lowest BCUT2D eigenvalue weighted by atomic mass is 10.1. The molecule has 8 heteroatoms. The molecule has 0 aliphatic rings. The van der Waals surface area contributed by atoms with Crippen LogP contribution < -0.4 is 14.8 Å². The number of hydrogen-bond donors (Lipinski definition) is 1. The molecule has 5 nitrogen and oxygen atoms in total. The van der Waals surface area contributed by atoms with E-state index in [1.54, 1.807) is 48.5 Å². The maximum atomic E-state index is 12.6. The van der Waals surface area contributed by atoms with Gasteiger partial charge in [-0.1, -0.05) is 41.4 Å². The van der Waals surface area contributed by atoms with Gasteiger partial charge >= 0.3 is 0 Å². The molecule has 162 valence electrons. The zero-order valence-corrected chi connectivity index (χ0v) is 20.5. The van der Waals surface area contributed by atoms with E-state index in [2.05, 4.69) is 27.9 Å². The molecule has 0 saturated heterocycles. The molecule has 0 saturated carbocycles.